The van der Waals surface area contributed by atoms with E-state index in [0.29, 0.717) is 5.82 Å². The first kappa shape index (κ1) is 14.0. The second-order valence-electron chi connectivity index (χ2n) is 2.26. The summed E-state index contributed by atoms with van der Waals surface area (Å²) in [6, 6.07) is 1.79. The summed E-state index contributed by atoms with van der Waals surface area (Å²) in [5.41, 5.74) is 0.769. The van der Waals surface area contributed by atoms with Crippen LogP contribution in [0.5, 0.6) is 0 Å². The molecule has 0 unspecified atom stereocenters. The SMILES string of the molecule is BrC(Br)(Br)c1ccnc(C(Br)(Br)Br)n1. The molecule has 1 heterocycles. The minimum absolute atomic E-state index is 0.525. The van der Waals surface area contributed by atoms with Crippen molar-refractivity contribution in [2.24, 2.45) is 0 Å². The van der Waals surface area contributed by atoms with Gasteiger partial charge in [0.05, 0.1) is 5.69 Å². The van der Waals surface area contributed by atoms with Gasteiger partial charge in [-0.15, -0.1) is 0 Å². The molecule has 0 saturated heterocycles. The van der Waals surface area contributed by atoms with E-state index in [1.807, 2.05) is 0 Å². The largest absolute Gasteiger partial charge is 0.238 e. The maximum absolute atomic E-state index is 4.32. The van der Waals surface area contributed by atoms with Gasteiger partial charge < -0.3 is 0 Å². The van der Waals surface area contributed by atoms with Gasteiger partial charge in [-0.25, -0.2) is 9.97 Å². The van der Waals surface area contributed by atoms with Crippen molar-refractivity contribution in [1.82, 2.24) is 9.97 Å². The van der Waals surface area contributed by atoms with Crippen LogP contribution in [-0.2, 0) is 4.29 Å². The number of hydrogen-bond acceptors (Lipinski definition) is 2. The molecule has 0 aliphatic rings. The van der Waals surface area contributed by atoms with Crippen LogP contribution in [0.1, 0.15) is 11.5 Å². The molecule has 14 heavy (non-hydrogen) atoms. The molecule has 0 bridgehead atoms. The van der Waals surface area contributed by atoms with Gasteiger partial charge in [0.15, 0.2) is 10.1 Å². The number of nitrogens with zero attached hydrogens (tertiary/aromatic N) is 2. The van der Waals surface area contributed by atoms with Crippen molar-refractivity contribution >= 4 is 95.6 Å². The second-order valence-corrected chi connectivity index (χ2v) is 15.8. The van der Waals surface area contributed by atoms with E-state index in [4.69, 9.17) is 0 Å². The van der Waals surface area contributed by atoms with Crippen molar-refractivity contribution in [2.75, 3.05) is 0 Å². The summed E-state index contributed by atoms with van der Waals surface area (Å²) in [5, 5.41) is 0. The fourth-order valence-electron chi connectivity index (χ4n) is 0.653. The molecule has 0 amide bonds. The average molecular weight is 582 g/mol. The minimum atomic E-state index is -0.596. The monoisotopic (exact) mass is 576 g/mol. The molecule has 0 fully saturated rings. The summed E-state index contributed by atoms with van der Waals surface area (Å²) in [7, 11) is 0. The first-order valence-corrected chi connectivity index (χ1v) is 7.94. The maximum Gasteiger partial charge on any atom is 0.193 e. The Hall–Kier alpha value is 1.96. The third-order valence-electron chi connectivity index (χ3n) is 1.20. The van der Waals surface area contributed by atoms with Gasteiger partial charge in [0.25, 0.3) is 0 Å². The van der Waals surface area contributed by atoms with Crippen LogP contribution in [0.4, 0.5) is 0 Å². The fourth-order valence-corrected chi connectivity index (χ4v) is 1.89. The third kappa shape index (κ3) is 4.08. The summed E-state index contributed by atoms with van der Waals surface area (Å²) in [6.45, 7) is 0. The Morgan fingerprint density at radius 3 is 1.93 bits per heavy atom. The first-order valence-electron chi connectivity index (χ1n) is 3.18. The lowest BCUT2D eigenvalue weighted by Gasteiger charge is -2.15. The predicted octanol–water partition coefficient (Wildman–Crippen LogP) is 5.07. The number of hydrogen-bond donors (Lipinski definition) is 0. The van der Waals surface area contributed by atoms with E-state index < -0.39 is 4.29 Å². The molecule has 0 aromatic carbocycles. The lowest BCUT2D eigenvalue weighted by Crippen LogP contribution is -2.10. The Balaban J connectivity index is 3.15. The molecule has 0 N–H and O–H groups in total. The summed E-state index contributed by atoms with van der Waals surface area (Å²) >= 11 is 20.2. The number of rotatable bonds is 0. The van der Waals surface area contributed by atoms with Gasteiger partial charge in [0.2, 0.25) is 0 Å². The van der Waals surface area contributed by atoms with Crippen molar-refractivity contribution in [2.45, 2.75) is 4.29 Å². The molecule has 0 spiro atoms. The van der Waals surface area contributed by atoms with E-state index in [1.165, 1.54) is 0 Å². The zero-order chi connectivity index (χ0) is 11.0. The molecule has 1 rings (SSSR count). The Bertz CT molecular complexity index is 299. The van der Waals surface area contributed by atoms with Gasteiger partial charge in [-0.05, 0) is 6.07 Å². The van der Waals surface area contributed by atoms with Crippen LogP contribution in [0.3, 0.4) is 0 Å². The molecule has 0 atom stereocenters. The van der Waals surface area contributed by atoms with Gasteiger partial charge in [-0.1, -0.05) is 95.6 Å². The first-order chi connectivity index (χ1) is 6.21. The molecule has 1 aromatic rings. The topological polar surface area (TPSA) is 25.8 Å². The van der Waals surface area contributed by atoms with Crippen LogP contribution >= 0.6 is 95.6 Å². The maximum atomic E-state index is 4.32. The highest BCUT2D eigenvalue weighted by Gasteiger charge is 2.28. The number of aromatic nitrogens is 2. The van der Waals surface area contributed by atoms with Crippen molar-refractivity contribution in [3.8, 4) is 0 Å². The van der Waals surface area contributed by atoms with Crippen molar-refractivity contribution in [3.63, 3.8) is 0 Å². The number of halogens is 6. The minimum Gasteiger partial charge on any atom is -0.238 e. The highest BCUT2D eigenvalue weighted by Crippen LogP contribution is 2.46. The highest BCUT2D eigenvalue weighted by atomic mass is 80.0. The zero-order valence-corrected chi connectivity index (χ0v) is 15.8. The molecule has 1 aromatic heterocycles. The summed E-state index contributed by atoms with van der Waals surface area (Å²) in [4.78, 5) is 8.43. The van der Waals surface area contributed by atoms with E-state index in [0.717, 1.165) is 5.69 Å². The quantitative estimate of drug-likeness (QED) is 0.401. The summed E-state index contributed by atoms with van der Waals surface area (Å²) in [5.74, 6) is 0.581. The summed E-state index contributed by atoms with van der Waals surface area (Å²) in [6.07, 6.45) is 1.68. The Morgan fingerprint density at radius 1 is 0.929 bits per heavy atom. The smallest absolute Gasteiger partial charge is 0.193 e. The molecule has 2 nitrogen and oxygen atoms in total. The van der Waals surface area contributed by atoms with Crippen molar-refractivity contribution < 1.29 is 0 Å². The van der Waals surface area contributed by atoms with E-state index >= 15 is 0 Å². The Morgan fingerprint density at radius 2 is 1.50 bits per heavy atom. The normalized spacial score (nSPS) is 13.0. The zero-order valence-electron chi connectivity index (χ0n) is 6.32. The lowest BCUT2D eigenvalue weighted by molar-refractivity contribution is 0.967. The van der Waals surface area contributed by atoms with Crippen LogP contribution in [-0.4, -0.2) is 9.97 Å². The van der Waals surface area contributed by atoms with Crippen molar-refractivity contribution in [3.05, 3.63) is 23.8 Å². The molecule has 0 aliphatic carbocycles. The standard InChI is InChI=1S/C6H2Br6N2/c7-5(8,9)3-1-2-13-4(14-3)6(10,11)12/h1-2H. The summed E-state index contributed by atoms with van der Waals surface area (Å²) < 4.78 is -1.12. The Kier molecular flexibility index (Phi) is 5.09. The van der Waals surface area contributed by atoms with E-state index in [9.17, 15) is 0 Å². The number of alkyl halides is 6. The molecule has 0 aliphatic heterocycles. The molecule has 8 heteroatoms. The molecule has 0 radical (unpaired) electrons. The third-order valence-corrected chi connectivity index (χ3v) is 3.48. The fraction of sp³-hybridized carbons (Fsp3) is 0.333. The van der Waals surface area contributed by atoms with Crippen LogP contribution < -0.4 is 0 Å². The van der Waals surface area contributed by atoms with Crippen LogP contribution in [0.2, 0.25) is 0 Å². The molecule has 0 saturated carbocycles. The Labute approximate surface area is 132 Å². The van der Waals surface area contributed by atoms with Gasteiger partial charge in [-0.3, -0.25) is 0 Å². The molecular weight excluding hydrogens is 580 g/mol. The van der Waals surface area contributed by atoms with Crippen LogP contribution in [0, 0.1) is 0 Å². The van der Waals surface area contributed by atoms with E-state index in [2.05, 4.69) is 106 Å². The van der Waals surface area contributed by atoms with Gasteiger partial charge in [-0.2, -0.15) is 0 Å². The predicted molar refractivity (Wildman–Crippen MR) is 78.9 cm³/mol. The lowest BCUT2D eigenvalue weighted by atomic mass is 10.4. The van der Waals surface area contributed by atoms with E-state index in [-0.39, 0.29) is 0 Å². The molecular formula is C6H2Br6N2. The highest BCUT2D eigenvalue weighted by molar-refractivity contribution is 9.39. The average Bonchev–Trinajstić information content (AvgIpc) is 2.01. The molecule has 78 valence electrons. The van der Waals surface area contributed by atoms with Gasteiger partial charge >= 0.3 is 0 Å². The van der Waals surface area contributed by atoms with Crippen LogP contribution in [0.15, 0.2) is 12.3 Å². The second kappa shape index (κ2) is 5.08. The van der Waals surface area contributed by atoms with Crippen molar-refractivity contribution in [1.29, 1.82) is 0 Å². The van der Waals surface area contributed by atoms with E-state index in [1.54, 1.807) is 12.3 Å². The van der Waals surface area contributed by atoms with Gasteiger partial charge in [0.1, 0.15) is 0 Å². The van der Waals surface area contributed by atoms with Gasteiger partial charge in [0, 0.05) is 6.20 Å². The van der Waals surface area contributed by atoms with Crippen LogP contribution in [0.25, 0.3) is 0 Å².